The lowest BCUT2D eigenvalue weighted by Crippen LogP contribution is -2.52. The van der Waals surface area contributed by atoms with Crippen molar-refractivity contribution in [2.24, 2.45) is 0 Å². The Morgan fingerprint density at radius 2 is 1.85 bits per heavy atom. The van der Waals surface area contributed by atoms with E-state index >= 15 is 0 Å². The van der Waals surface area contributed by atoms with Crippen LogP contribution in [-0.4, -0.2) is 34.3 Å². The molecule has 1 aliphatic carbocycles. The summed E-state index contributed by atoms with van der Waals surface area (Å²) in [6.45, 7) is 6.27. The molecule has 0 spiro atoms. The number of nitriles is 1. The topological polar surface area (TPSA) is 112 Å². The summed E-state index contributed by atoms with van der Waals surface area (Å²) in [5.41, 5.74) is 0.842. The molecule has 0 radical (unpaired) electrons. The number of carbonyl (C=O) groups excluding carboxylic acids is 3. The van der Waals surface area contributed by atoms with Crippen LogP contribution in [0.5, 0.6) is 0 Å². The van der Waals surface area contributed by atoms with E-state index in [1.165, 1.54) is 13.8 Å². The number of amides is 1. The second kappa shape index (κ2) is 7.73. The van der Waals surface area contributed by atoms with Crippen molar-refractivity contribution in [3.05, 3.63) is 22.5 Å². The summed E-state index contributed by atoms with van der Waals surface area (Å²) < 4.78 is 5.26. The van der Waals surface area contributed by atoms with Crippen molar-refractivity contribution < 1.29 is 19.1 Å². The summed E-state index contributed by atoms with van der Waals surface area (Å²) in [5.74, 6) is -1.33. The number of hydrogen-bond donors (Lipinski definition) is 2. The highest BCUT2D eigenvalue weighted by molar-refractivity contribution is 6.01. The van der Waals surface area contributed by atoms with E-state index in [4.69, 9.17) is 4.74 Å². The fourth-order valence-corrected chi connectivity index (χ4v) is 3.51. The minimum absolute atomic E-state index is 0.144. The highest BCUT2D eigenvalue weighted by Crippen LogP contribution is 2.27. The van der Waals surface area contributed by atoms with Gasteiger partial charge in [0.1, 0.15) is 11.2 Å². The molecule has 1 atom stereocenters. The van der Waals surface area contributed by atoms with Gasteiger partial charge in [-0.1, -0.05) is 19.3 Å². The molecule has 1 heterocycles. The van der Waals surface area contributed by atoms with Gasteiger partial charge in [-0.3, -0.25) is 9.59 Å². The van der Waals surface area contributed by atoms with Crippen LogP contribution < -0.4 is 5.32 Å². The molecular formula is C19H25N3O4. The minimum atomic E-state index is -1.04. The number of esters is 1. The highest BCUT2D eigenvalue weighted by Gasteiger charge is 2.35. The molecule has 1 fully saturated rings. The summed E-state index contributed by atoms with van der Waals surface area (Å²) in [5, 5.41) is 12.2. The van der Waals surface area contributed by atoms with Gasteiger partial charge in [0.2, 0.25) is 0 Å². The number of nitrogens with one attached hydrogen (secondary N) is 2. The van der Waals surface area contributed by atoms with Crippen LogP contribution >= 0.6 is 0 Å². The molecule has 2 N–H and O–H groups in total. The number of ether oxygens (including phenoxy) is 1. The lowest BCUT2D eigenvalue weighted by atomic mass is 9.83. The summed E-state index contributed by atoms with van der Waals surface area (Å²) >= 11 is 0. The van der Waals surface area contributed by atoms with E-state index in [9.17, 15) is 19.6 Å². The van der Waals surface area contributed by atoms with Gasteiger partial charge in [-0.25, -0.2) is 4.79 Å². The number of nitrogens with zero attached hydrogens (tertiary/aromatic N) is 1. The number of rotatable bonds is 5. The Hall–Kier alpha value is -2.62. The Labute approximate surface area is 153 Å². The molecule has 7 heteroatoms. The van der Waals surface area contributed by atoms with Crippen molar-refractivity contribution in [3.63, 3.8) is 0 Å². The summed E-state index contributed by atoms with van der Waals surface area (Å²) in [4.78, 5) is 39.3. The third-order valence-corrected chi connectivity index (χ3v) is 4.93. The zero-order chi connectivity index (χ0) is 19.5. The molecular weight excluding hydrogens is 334 g/mol. The lowest BCUT2D eigenvalue weighted by molar-refractivity contribution is -0.130. The number of carbonyl (C=O) groups is 3. The van der Waals surface area contributed by atoms with Crippen LogP contribution in [0.4, 0.5) is 0 Å². The first-order valence-electron chi connectivity index (χ1n) is 8.85. The molecule has 0 bridgehead atoms. The van der Waals surface area contributed by atoms with Gasteiger partial charge >= 0.3 is 5.97 Å². The molecule has 1 aromatic heterocycles. The molecule has 1 aliphatic rings. The zero-order valence-corrected chi connectivity index (χ0v) is 15.7. The Balaban J connectivity index is 2.07. The van der Waals surface area contributed by atoms with Crippen LogP contribution in [0.3, 0.4) is 0 Å². The normalized spacial score (nSPS) is 17.0. The maximum absolute atomic E-state index is 12.4. The Morgan fingerprint density at radius 1 is 1.23 bits per heavy atom. The number of H-pyrrole nitrogens is 1. The summed E-state index contributed by atoms with van der Waals surface area (Å²) in [6, 6.07) is 2.20. The number of Topliss-reactive ketones (excluding diaryl/α,β-unsaturated/α-hetero) is 1. The number of aromatic amines is 1. The second-order valence-electron chi connectivity index (χ2n) is 6.97. The van der Waals surface area contributed by atoms with Gasteiger partial charge < -0.3 is 15.0 Å². The van der Waals surface area contributed by atoms with E-state index in [2.05, 4.69) is 16.4 Å². The maximum atomic E-state index is 12.4. The third kappa shape index (κ3) is 3.96. The maximum Gasteiger partial charge on any atom is 0.355 e. The van der Waals surface area contributed by atoms with Gasteiger partial charge in [0.25, 0.3) is 5.91 Å². The Bertz CT molecular complexity index is 766. The van der Waals surface area contributed by atoms with Crippen LogP contribution in [0.15, 0.2) is 0 Å². The average molecular weight is 359 g/mol. The fourth-order valence-electron chi connectivity index (χ4n) is 3.51. The summed E-state index contributed by atoms with van der Waals surface area (Å²) in [6.07, 6.45) is 2.99. The van der Waals surface area contributed by atoms with Gasteiger partial charge in [-0.05, 0) is 46.1 Å². The molecule has 1 saturated carbocycles. The first-order valence-corrected chi connectivity index (χ1v) is 8.85. The molecule has 0 aromatic carbocycles. The zero-order valence-electron chi connectivity index (χ0n) is 15.7. The first kappa shape index (κ1) is 19.7. The van der Waals surface area contributed by atoms with E-state index in [0.29, 0.717) is 29.7 Å². The van der Waals surface area contributed by atoms with Gasteiger partial charge in [-0.15, -0.1) is 0 Å². The molecule has 1 aromatic rings. The monoisotopic (exact) mass is 359 g/mol. The number of aromatic nitrogens is 1. The van der Waals surface area contributed by atoms with Crippen LogP contribution in [0.1, 0.15) is 78.1 Å². The van der Waals surface area contributed by atoms with Gasteiger partial charge in [0.05, 0.1) is 6.07 Å². The first-order chi connectivity index (χ1) is 12.2. The van der Waals surface area contributed by atoms with Gasteiger partial charge in [-0.2, -0.15) is 5.26 Å². The molecule has 1 unspecified atom stereocenters. The minimum Gasteiger partial charge on any atom is -0.448 e. The SMILES string of the molecule is CC(=O)c1c(C)[nH]c(C(=O)OC(C)C(=O)NC2(C#N)CCCCC2)c1C. The van der Waals surface area contributed by atoms with Crippen LogP contribution in [0, 0.1) is 25.2 Å². The largest absolute Gasteiger partial charge is 0.448 e. The fraction of sp³-hybridized carbons (Fsp3) is 0.579. The predicted molar refractivity (Wildman–Crippen MR) is 94.7 cm³/mol. The standard InChI is InChI=1S/C19H25N3O4/c1-11-15(13(3)23)12(2)21-16(11)18(25)26-14(4)17(24)22-19(10-20)8-6-5-7-9-19/h14,21H,5-9H2,1-4H3,(H,22,24). The van der Waals surface area contributed by atoms with E-state index in [1.54, 1.807) is 13.8 Å². The third-order valence-electron chi connectivity index (χ3n) is 4.93. The van der Waals surface area contributed by atoms with E-state index < -0.39 is 23.5 Å². The van der Waals surface area contributed by atoms with Crippen molar-refractivity contribution in [1.82, 2.24) is 10.3 Å². The molecule has 1 amide bonds. The van der Waals surface area contributed by atoms with E-state index in [1.807, 2.05) is 0 Å². The van der Waals surface area contributed by atoms with Gasteiger partial charge in [0, 0.05) is 11.3 Å². The van der Waals surface area contributed by atoms with E-state index in [-0.39, 0.29) is 11.5 Å². The Kier molecular flexibility index (Phi) is 5.86. The average Bonchev–Trinajstić information content (AvgIpc) is 2.90. The van der Waals surface area contributed by atoms with Crippen molar-refractivity contribution in [1.29, 1.82) is 5.26 Å². The van der Waals surface area contributed by atoms with Crippen LogP contribution in [-0.2, 0) is 9.53 Å². The van der Waals surface area contributed by atoms with Crippen LogP contribution in [0.25, 0.3) is 0 Å². The van der Waals surface area contributed by atoms with Crippen molar-refractivity contribution in [2.75, 3.05) is 0 Å². The van der Waals surface area contributed by atoms with E-state index in [0.717, 1.165) is 19.3 Å². The second-order valence-corrected chi connectivity index (χ2v) is 6.97. The number of hydrogen-bond acceptors (Lipinski definition) is 5. The number of ketones is 1. The Morgan fingerprint density at radius 3 is 2.35 bits per heavy atom. The van der Waals surface area contributed by atoms with Crippen molar-refractivity contribution in [3.8, 4) is 6.07 Å². The lowest BCUT2D eigenvalue weighted by Gasteiger charge is -2.32. The predicted octanol–water partition coefficient (Wildman–Crippen LogP) is 2.72. The molecule has 0 aliphatic heterocycles. The molecule has 0 saturated heterocycles. The quantitative estimate of drug-likeness (QED) is 0.620. The molecule has 26 heavy (non-hydrogen) atoms. The van der Waals surface area contributed by atoms with Crippen LogP contribution in [0.2, 0.25) is 0 Å². The summed E-state index contributed by atoms with van der Waals surface area (Å²) in [7, 11) is 0. The van der Waals surface area contributed by atoms with Crippen molar-refractivity contribution >= 4 is 17.7 Å². The molecule has 2 rings (SSSR count). The molecule has 7 nitrogen and oxygen atoms in total. The smallest absolute Gasteiger partial charge is 0.355 e. The highest BCUT2D eigenvalue weighted by atomic mass is 16.5. The number of aryl methyl sites for hydroxylation is 1. The molecule has 140 valence electrons. The van der Waals surface area contributed by atoms with Crippen molar-refractivity contribution in [2.45, 2.75) is 71.4 Å². The van der Waals surface area contributed by atoms with Gasteiger partial charge in [0.15, 0.2) is 11.9 Å².